The first-order valence-electron chi connectivity index (χ1n) is 5.28. The molecule has 14 heavy (non-hydrogen) atoms. The predicted octanol–water partition coefficient (Wildman–Crippen LogP) is 1.14. The monoisotopic (exact) mass is 196 g/mol. The molecule has 0 aliphatic heterocycles. The Kier molecular flexibility index (Phi) is 4.59. The normalized spacial score (nSPS) is 13.1. The van der Waals surface area contributed by atoms with E-state index >= 15 is 0 Å². The van der Waals surface area contributed by atoms with Gasteiger partial charge in [-0.25, -0.2) is 4.98 Å². The second-order valence-corrected chi connectivity index (χ2v) is 3.63. The minimum absolute atomic E-state index is 0.526. The molecule has 80 valence electrons. The average molecular weight is 196 g/mol. The summed E-state index contributed by atoms with van der Waals surface area (Å²) in [7, 11) is 3.95. The van der Waals surface area contributed by atoms with E-state index in [9.17, 15) is 0 Å². The maximum absolute atomic E-state index is 4.22. The van der Waals surface area contributed by atoms with Crippen molar-refractivity contribution in [3.63, 3.8) is 0 Å². The van der Waals surface area contributed by atoms with Crippen LogP contribution in [0.1, 0.15) is 32.0 Å². The van der Waals surface area contributed by atoms with Crippen LogP contribution in [0, 0.1) is 0 Å². The summed E-state index contributed by atoms with van der Waals surface area (Å²) in [5.74, 6) is 1.06. The zero-order valence-corrected chi connectivity index (χ0v) is 9.32. The summed E-state index contributed by atoms with van der Waals surface area (Å²) in [5.41, 5.74) is 0. The van der Waals surface area contributed by atoms with E-state index in [2.05, 4.69) is 22.3 Å². The van der Waals surface area contributed by atoms with E-state index in [-0.39, 0.29) is 0 Å². The van der Waals surface area contributed by atoms with Crippen LogP contribution in [0.4, 0.5) is 0 Å². The van der Waals surface area contributed by atoms with E-state index in [4.69, 9.17) is 0 Å². The molecule has 0 amide bonds. The molecular formula is C10H20N4. The Bertz CT molecular complexity index is 256. The van der Waals surface area contributed by atoms with Crippen LogP contribution in [0.15, 0.2) is 6.33 Å². The average Bonchev–Trinajstić information content (AvgIpc) is 2.59. The van der Waals surface area contributed by atoms with Crippen LogP contribution < -0.4 is 5.32 Å². The van der Waals surface area contributed by atoms with Crippen molar-refractivity contribution in [3.8, 4) is 0 Å². The molecule has 0 aromatic carbocycles. The van der Waals surface area contributed by atoms with Crippen molar-refractivity contribution in [2.45, 2.75) is 38.6 Å². The van der Waals surface area contributed by atoms with Crippen LogP contribution in [0.3, 0.4) is 0 Å². The molecule has 0 spiro atoms. The summed E-state index contributed by atoms with van der Waals surface area (Å²) in [5, 5.41) is 7.38. The zero-order chi connectivity index (χ0) is 10.4. The van der Waals surface area contributed by atoms with Gasteiger partial charge in [0.15, 0.2) is 0 Å². The number of hydrogen-bond donors (Lipinski definition) is 1. The topological polar surface area (TPSA) is 42.7 Å². The SMILES string of the molecule is CCCCC(Cc1ncnn1C)NC. The third-order valence-corrected chi connectivity index (χ3v) is 2.55. The number of aromatic nitrogens is 3. The highest BCUT2D eigenvalue weighted by molar-refractivity contribution is 4.88. The molecule has 0 aliphatic carbocycles. The van der Waals surface area contributed by atoms with E-state index in [0.717, 1.165) is 12.2 Å². The van der Waals surface area contributed by atoms with Crippen LogP contribution >= 0.6 is 0 Å². The van der Waals surface area contributed by atoms with Crippen LogP contribution in [-0.2, 0) is 13.5 Å². The fourth-order valence-corrected chi connectivity index (χ4v) is 1.52. The lowest BCUT2D eigenvalue weighted by molar-refractivity contribution is 0.480. The Balaban J connectivity index is 2.44. The fraction of sp³-hybridized carbons (Fsp3) is 0.800. The Morgan fingerprint density at radius 3 is 2.86 bits per heavy atom. The van der Waals surface area contributed by atoms with E-state index in [1.807, 2.05) is 18.8 Å². The number of rotatable bonds is 6. The Hall–Kier alpha value is -0.900. The molecule has 4 heteroatoms. The summed E-state index contributed by atoms with van der Waals surface area (Å²) in [6.45, 7) is 2.22. The third kappa shape index (κ3) is 3.10. The molecule has 1 rings (SSSR count). The molecule has 1 atom stereocenters. The predicted molar refractivity (Wildman–Crippen MR) is 57.1 cm³/mol. The van der Waals surface area contributed by atoms with E-state index in [1.54, 1.807) is 6.33 Å². The summed E-state index contributed by atoms with van der Waals surface area (Å²) >= 11 is 0. The van der Waals surface area contributed by atoms with Gasteiger partial charge in [-0.3, -0.25) is 4.68 Å². The van der Waals surface area contributed by atoms with Crippen LogP contribution in [0.5, 0.6) is 0 Å². The number of nitrogens with zero attached hydrogens (tertiary/aromatic N) is 3. The van der Waals surface area contributed by atoms with Gasteiger partial charge in [0.1, 0.15) is 12.2 Å². The second kappa shape index (κ2) is 5.75. The van der Waals surface area contributed by atoms with Crippen molar-refractivity contribution in [1.82, 2.24) is 20.1 Å². The van der Waals surface area contributed by atoms with Gasteiger partial charge in [-0.2, -0.15) is 5.10 Å². The number of unbranched alkanes of at least 4 members (excludes halogenated alkanes) is 1. The molecule has 1 N–H and O–H groups in total. The number of likely N-dealkylation sites (N-methyl/N-ethyl adjacent to an activating group) is 1. The summed E-state index contributed by atoms with van der Waals surface area (Å²) < 4.78 is 1.84. The maximum atomic E-state index is 4.22. The van der Waals surface area contributed by atoms with Gasteiger partial charge in [0.25, 0.3) is 0 Å². The van der Waals surface area contributed by atoms with Crippen LogP contribution in [0.25, 0.3) is 0 Å². The van der Waals surface area contributed by atoms with Crippen molar-refractivity contribution in [1.29, 1.82) is 0 Å². The third-order valence-electron chi connectivity index (χ3n) is 2.55. The molecule has 0 radical (unpaired) electrons. The highest BCUT2D eigenvalue weighted by Gasteiger charge is 2.09. The summed E-state index contributed by atoms with van der Waals surface area (Å²) in [6, 6.07) is 0.526. The minimum atomic E-state index is 0.526. The molecule has 0 aliphatic rings. The first-order chi connectivity index (χ1) is 6.77. The lowest BCUT2D eigenvalue weighted by atomic mass is 10.1. The highest BCUT2D eigenvalue weighted by Crippen LogP contribution is 2.05. The standard InChI is InChI=1S/C10H20N4/c1-4-5-6-9(11-2)7-10-12-8-13-14(10)3/h8-9,11H,4-7H2,1-3H3. The zero-order valence-electron chi connectivity index (χ0n) is 9.32. The molecule has 1 unspecified atom stereocenters. The quantitative estimate of drug-likeness (QED) is 0.742. The highest BCUT2D eigenvalue weighted by atomic mass is 15.3. The summed E-state index contributed by atoms with van der Waals surface area (Å²) in [6.07, 6.45) is 6.30. The lowest BCUT2D eigenvalue weighted by Crippen LogP contribution is -2.28. The minimum Gasteiger partial charge on any atom is -0.317 e. The van der Waals surface area contributed by atoms with Crippen molar-refractivity contribution in [2.24, 2.45) is 7.05 Å². The van der Waals surface area contributed by atoms with Gasteiger partial charge in [-0.15, -0.1) is 0 Å². The van der Waals surface area contributed by atoms with Crippen molar-refractivity contribution < 1.29 is 0 Å². The number of hydrogen-bond acceptors (Lipinski definition) is 3. The van der Waals surface area contributed by atoms with Crippen molar-refractivity contribution >= 4 is 0 Å². The Morgan fingerprint density at radius 1 is 1.57 bits per heavy atom. The maximum Gasteiger partial charge on any atom is 0.138 e. The largest absolute Gasteiger partial charge is 0.317 e. The molecular weight excluding hydrogens is 176 g/mol. The van der Waals surface area contributed by atoms with E-state index < -0.39 is 0 Å². The van der Waals surface area contributed by atoms with E-state index in [0.29, 0.717) is 6.04 Å². The van der Waals surface area contributed by atoms with Gasteiger partial charge in [0.05, 0.1) is 0 Å². The van der Waals surface area contributed by atoms with Crippen molar-refractivity contribution in [3.05, 3.63) is 12.2 Å². The van der Waals surface area contributed by atoms with Gasteiger partial charge in [-0.05, 0) is 13.5 Å². The molecule has 1 aromatic rings. The number of nitrogens with one attached hydrogen (secondary N) is 1. The van der Waals surface area contributed by atoms with Gasteiger partial charge in [0.2, 0.25) is 0 Å². The Morgan fingerprint density at radius 2 is 2.36 bits per heavy atom. The molecule has 4 nitrogen and oxygen atoms in total. The molecule has 0 saturated heterocycles. The first kappa shape index (κ1) is 11.2. The van der Waals surface area contributed by atoms with Crippen LogP contribution in [-0.4, -0.2) is 27.9 Å². The number of aryl methyl sites for hydroxylation is 1. The van der Waals surface area contributed by atoms with Crippen molar-refractivity contribution in [2.75, 3.05) is 7.05 Å². The van der Waals surface area contributed by atoms with Gasteiger partial charge in [0, 0.05) is 19.5 Å². The molecule has 0 saturated carbocycles. The second-order valence-electron chi connectivity index (χ2n) is 3.63. The fourth-order valence-electron chi connectivity index (χ4n) is 1.52. The van der Waals surface area contributed by atoms with Gasteiger partial charge in [-0.1, -0.05) is 19.8 Å². The Labute approximate surface area is 85.7 Å². The smallest absolute Gasteiger partial charge is 0.138 e. The molecule has 0 bridgehead atoms. The summed E-state index contributed by atoms with van der Waals surface area (Å²) in [4.78, 5) is 4.22. The first-order valence-corrected chi connectivity index (χ1v) is 5.28. The molecule has 0 fully saturated rings. The van der Waals surface area contributed by atoms with E-state index in [1.165, 1.54) is 19.3 Å². The van der Waals surface area contributed by atoms with Crippen LogP contribution in [0.2, 0.25) is 0 Å². The van der Waals surface area contributed by atoms with Gasteiger partial charge < -0.3 is 5.32 Å². The van der Waals surface area contributed by atoms with Gasteiger partial charge >= 0.3 is 0 Å². The molecule has 1 heterocycles. The lowest BCUT2D eigenvalue weighted by Gasteiger charge is -2.14. The molecule has 1 aromatic heterocycles.